The molecule has 0 fully saturated rings. The Morgan fingerprint density at radius 3 is 2.61 bits per heavy atom. The van der Waals surface area contributed by atoms with Gasteiger partial charge in [-0.1, -0.05) is 36.4 Å². The summed E-state index contributed by atoms with van der Waals surface area (Å²) in [6.07, 6.45) is 5.19. The standard InChI is InChI=1S/C25H23N5O/c1-18-10-11-20(24(31)30(2)17-19-7-4-3-5-8-19)15-23(18)29-25-27-14-12-22(28-25)21-9-6-13-26-16-21/h3-16H,17H2,1-2H3,(H,27,28,29). The largest absolute Gasteiger partial charge is 0.337 e. The quantitative estimate of drug-likeness (QED) is 0.492. The van der Waals surface area contributed by atoms with E-state index in [2.05, 4.69) is 20.3 Å². The lowest BCUT2D eigenvalue weighted by molar-refractivity contribution is 0.0785. The molecule has 0 spiro atoms. The van der Waals surface area contributed by atoms with Gasteiger partial charge >= 0.3 is 0 Å². The summed E-state index contributed by atoms with van der Waals surface area (Å²) >= 11 is 0. The predicted molar refractivity (Wildman–Crippen MR) is 122 cm³/mol. The molecule has 1 N–H and O–H groups in total. The van der Waals surface area contributed by atoms with Gasteiger partial charge in [-0.25, -0.2) is 9.97 Å². The average Bonchev–Trinajstić information content (AvgIpc) is 2.81. The smallest absolute Gasteiger partial charge is 0.253 e. The third-order valence-electron chi connectivity index (χ3n) is 4.95. The minimum absolute atomic E-state index is 0.0445. The number of carbonyl (C=O) groups excluding carboxylic acids is 1. The summed E-state index contributed by atoms with van der Waals surface area (Å²) in [5, 5.41) is 3.25. The number of anilines is 2. The van der Waals surface area contributed by atoms with E-state index in [-0.39, 0.29) is 5.91 Å². The van der Waals surface area contributed by atoms with Gasteiger partial charge in [0.05, 0.1) is 5.69 Å². The predicted octanol–water partition coefficient (Wildman–Crippen LogP) is 4.86. The molecule has 0 aliphatic rings. The summed E-state index contributed by atoms with van der Waals surface area (Å²) in [6, 6.07) is 21.2. The second-order valence-corrected chi connectivity index (χ2v) is 7.31. The fourth-order valence-electron chi connectivity index (χ4n) is 3.25. The maximum atomic E-state index is 13.0. The monoisotopic (exact) mass is 409 g/mol. The highest BCUT2D eigenvalue weighted by molar-refractivity contribution is 5.95. The number of hydrogen-bond donors (Lipinski definition) is 1. The van der Waals surface area contributed by atoms with Gasteiger partial charge < -0.3 is 10.2 Å². The molecule has 0 saturated heterocycles. The number of nitrogens with one attached hydrogen (secondary N) is 1. The molecule has 4 aromatic rings. The molecule has 154 valence electrons. The summed E-state index contributed by atoms with van der Waals surface area (Å²) < 4.78 is 0. The molecule has 0 bridgehead atoms. The van der Waals surface area contributed by atoms with Crippen molar-refractivity contribution in [1.29, 1.82) is 0 Å². The van der Waals surface area contributed by atoms with Crippen molar-refractivity contribution in [3.05, 3.63) is 102 Å². The van der Waals surface area contributed by atoms with Gasteiger partial charge in [0.15, 0.2) is 0 Å². The number of rotatable bonds is 6. The van der Waals surface area contributed by atoms with E-state index < -0.39 is 0 Å². The van der Waals surface area contributed by atoms with Crippen LogP contribution in [0.4, 0.5) is 11.6 Å². The van der Waals surface area contributed by atoms with Crippen molar-refractivity contribution >= 4 is 17.5 Å². The molecule has 0 aliphatic heterocycles. The second-order valence-electron chi connectivity index (χ2n) is 7.31. The van der Waals surface area contributed by atoms with Crippen LogP contribution in [0.15, 0.2) is 85.3 Å². The Labute approximate surface area is 181 Å². The van der Waals surface area contributed by atoms with E-state index in [0.29, 0.717) is 18.1 Å². The molecule has 0 radical (unpaired) electrons. The molecule has 2 aromatic carbocycles. The molecule has 0 atom stereocenters. The minimum atomic E-state index is -0.0445. The lowest BCUT2D eigenvalue weighted by atomic mass is 10.1. The molecule has 2 aromatic heterocycles. The zero-order valence-corrected chi connectivity index (χ0v) is 17.5. The lowest BCUT2D eigenvalue weighted by Crippen LogP contribution is -2.26. The van der Waals surface area contributed by atoms with Crippen LogP contribution in [-0.4, -0.2) is 32.8 Å². The number of nitrogens with zero attached hydrogens (tertiary/aromatic N) is 4. The Morgan fingerprint density at radius 1 is 1.00 bits per heavy atom. The van der Waals surface area contributed by atoms with Crippen LogP contribution in [0.3, 0.4) is 0 Å². The van der Waals surface area contributed by atoms with Crippen LogP contribution in [0, 0.1) is 6.92 Å². The highest BCUT2D eigenvalue weighted by Crippen LogP contribution is 2.23. The van der Waals surface area contributed by atoms with Crippen LogP contribution in [0.2, 0.25) is 0 Å². The summed E-state index contributed by atoms with van der Waals surface area (Å²) in [7, 11) is 1.81. The van der Waals surface area contributed by atoms with Crippen molar-refractivity contribution in [3.63, 3.8) is 0 Å². The maximum Gasteiger partial charge on any atom is 0.253 e. The first-order chi connectivity index (χ1) is 15.1. The maximum absolute atomic E-state index is 13.0. The number of aryl methyl sites for hydroxylation is 1. The van der Waals surface area contributed by atoms with Crippen molar-refractivity contribution in [2.45, 2.75) is 13.5 Å². The van der Waals surface area contributed by atoms with E-state index in [1.165, 1.54) is 0 Å². The first-order valence-electron chi connectivity index (χ1n) is 10.0. The minimum Gasteiger partial charge on any atom is -0.337 e. The summed E-state index contributed by atoms with van der Waals surface area (Å²) in [5.74, 6) is 0.420. The van der Waals surface area contributed by atoms with Gasteiger partial charge in [-0.15, -0.1) is 0 Å². The zero-order valence-electron chi connectivity index (χ0n) is 17.5. The van der Waals surface area contributed by atoms with Crippen LogP contribution in [0.5, 0.6) is 0 Å². The molecule has 4 rings (SSSR count). The molecule has 6 nitrogen and oxygen atoms in total. The van der Waals surface area contributed by atoms with E-state index in [4.69, 9.17) is 0 Å². The summed E-state index contributed by atoms with van der Waals surface area (Å²) in [6.45, 7) is 2.53. The van der Waals surface area contributed by atoms with Gasteiger partial charge in [0, 0.05) is 49.0 Å². The first kappa shape index (κ1) is 20.2. The van der Waals surface area contributed by atoms with E-state index in [9.17, 15) is 4.79 Å². The molecule has 31 heavy (non-hydrogen) atoms. The normalized spacial score (nSPS) is 10.5. The second kappa shape index (κ2) is 9.17. The van der Waals surface area contributed by atoms with Gasteiger partial charge in [-0.05, 0) is 48.4 Å². The Bertz CT molecular complexity index is 1180. The SMILES string of the molecule is Cc1ccc(C(=O)N(C)Cc2ccccc2)cc1Nc1nccc(-c2cccnc2)n1. The molecule has 2 heterocycles. The van der Waals surface area contributed by atoms with Crippen LogP contribution in [0.1, 0.15) is 21.5 Å². The summed E-state index contributed by atoms with van der Waals surface area (Å²) in [4.78, 5) is 27.7. The zero-order chi connectivity index (χ0) is 21.6. The van der Waals surface area contributed by atoms with E-state index in [1.54, 1.807) is 23.5 Å². The molecule has 1 amide bonds. The van der Waals surface area contributed by atoms with Crippen molar-refractivity contribution in [3.8, 4) is 11.3 Å². The van der Waals surface area contributed by atoms with Crippen LogP contribution in [0.25, 0.3) is 11.3 Å². The number of carbonyl (C=O) groups is 1. The third kappa shape index (κ3) is 4.93. The molecule has 6 heteroatoms. The Balaban J connectivity index is 1.54. The molecule has 0 saturated carbocycles. The fraction of sp³-hybridized carbons (Fsp3) is 0.120. The number of aromatic nitrogens is 3. The number of hydrogen-bond acceptors (Lipinski definition) is 5. The summed E-state index contributed by atoms with van der Waals surface area (Å²) in [5.41, 5.74) is 5.17. The highest BCUT2D eigenvalue weighted by Gasteiger charge is 2.14. The molecular formula is C25H23N5O. The highest BCUT2D eigenvalue weighted by atomic mass is 16.2. The Hall–Kier alpha value is -4.06. The Morgan fingerprint density at radius 2 is 1.84 bits per heavy atom. The molecule has 0 aliphatic carbocycles. The van der Waals surface area contributed by atoms with Crippen LogP contribution >= 0.6 is 0 Å². The lowest BCUT2D eigenvalue weighted by Gasteiger charge is -2.18. The number of pyridine rings is 1. The van der Waals surface area contributed by atoms with Gasteiger partial charge in [0.1, 0.15) is 0 Å². The van der Waals surface area contributed by atoms with Crippen molar-refractivity contribution in [1.82, 2.24) is 19.9 Å². The van der Waals surface area contributed by atoms with Crippen LogP contribution < -0.4 is 5.32 Å². The van der Waals surface area contributed by atoms with E-state index in [1.807, 2.05) is 80.7 Å². The number of amides is 1. The van der Waals surface area contributed by atoms with Gasteiger partial charge in [-0.3, -0.25) is 9.78 Å². The Kier molecular flexibility index (Phi) is 5.98. The van der Waals surface area contributed by atoms with Crippen LogP contribution in [-0.2, 0) is 6.54 Å². The van der Waals surface area contributed by atoms with Crippen molar-refractivity contribution in [2.24, 2.45) is 0 Å². The topological polar surface area (TPSA) is 71.0 Å². The van der Waals surface area contributed by atoms with Gasteiger partial charge in [-0.2, -0.15) is 0 Å². The number of benzene rings is 2. The van der Waals surface area contributed by atoms with Crippen molar-refractivity contribution in [2.75, 3.05) is 12.4 Å². The third-order valence-corrected chi connectivity index (χ3v) is 4.95. The average molecular weight is 409 g/mol. The van der Waals surface area contributed by atoms with Gasteiger partial charge in [0.2, 0.25) is 5.95 Å². The molecule has 0 unspecified atom stereocenters. The van der Waals surface area contributed by atoms with Crippen molar-refractivity contribution < 1.29 is 4.79 Å². The van der Waals surface area contributed by atoms with E-state index in [0.717, 1.165) is 28.1 Å². The first-order valence-corrected chi connectivity index (χ1v) is 10.0. The fourth-order valence-corrected chi connectivity index (χ4v) is 3.25. The van der Waals surface area contributed by atoms with E-state index >= 15 is 0 Å². The molecular weight excluding hydrogens is 386 g/mol. The van der Waals surface area contributed by atoms with Gasteiger partial charge in [0.25, 0.3) is 5.91 Å².